The molecule has 0 spiro atoms. The minimum Gasteiger partial charge on any atom is -0.348 e. The Labute approximate surface area is 152 Å². The van der Waals surface area contributed by atoms with Crippen molar-refractivity contribution < 1.29 is 9.59 Å². The van der Waals surface area contributed by atoms with E-state index in [0.29, 0.717) is 6.42 Å². The van der Waals surface area contributed by atoms with E-state index in [9.17, 15) is 9.59 Å². The number of Topliss-reactive ketones (excluding diaryl/α,β-unsaturated/α-hetero) is 1. The Morgan fingerprint density at radius 1 is 1.00 bits per heavy atom. The summed E-state index contributed by atoms with van der Waals surface area (Å²) in [5.41, 5.74) is 0.541. The third-order valence-corrected chi connectivity index (χ3v) is 4.86. The first-order valence-electron chi connectivity index (χ1n) is 9.24. The molecule has 140 valence electrons. The number of hydrogen-bond donors (Lipinski definition) is 2. The molecule has 1 amide bonds. The standard InChI is InChI=1S/C21H34N2O2/c1-7-21(6,8-2)18(24)15-22-19(25)17(23-20(3,4)5)14-16-12-10-9-11-13-16/h9-13,17,23H,7-8,14-15H2,1-6H3,(H,22,25)/t17-/m0/s1. The summed E-state index contributed by atoms with van der Waals surface area (Å²) in [6.45, 7) is 12.2. The van der Waals surface area contributed by atoms with Gasteiger partial charge >= 0.3 is 0 Å². The van der Waals surface area contributed by atoms with Gasteiger partial charge in [0, 0.05) is 11.0 Å². The number of carbonyl (C=O) groups excluding carboxylic acids is 2. The van der Waals surface area contributed by atoms with Crippen LogP contribution in [0.3, 0.4) is 0 Å². The van der Waals surface area contributed by atoms with Gasteiger partial charge in [0.1, 0.15) is 0 Å². The van der Waals surface area contributed by atoms with Crippen LogP contribution >= 0.6 is 0 Å². The number of amides is 1. The fourth-order valence-corrected chi connectivity index (χ4v) is 2.73. The fraction of sp³-hybridized carbons (Fsp3) is 0.619. The zero-order valence-corrected chi connectivity index (χ0v) is 16.6. The van der Waals surface area contributed by atoms with Crippen molar-refractivity contribution in [3.63, 3.8) is 0 Å². The highest BCUT2D eigenvalue weighted by molar-refractivity contribution is 5.91. The molecule has 0 aliphatic rings. The number of hydrogen-bond acceptors (Lipinski definition) is 3. The fourth-order valence-electron chi connectivity index (χ4n) is 2.73. The number of carbonyl (C=O) groups is 2. The maximum absolute atomic E-state index is 12.7. The van der Waals surface area contributed by atoms with Crippen molar-refractivity contribution in [3.05, 3.63) is 35.9 Å². The van der Waals surface area contributed by atoms with Gasteiger partial charge in [0.05, 0.1) is 12.6 Å². The Balaban J connectivity index is 2.77. The summed E-state index contributed by atoms with van der Waals surface area (Å²) < 4.78 is 0. The summed E-state index contributed by atoms with van der Waals surface area (Å²) in [5.74, 6) is -0.0262. The van der Waals surface area contributed by atoms with Crippen molar-refractivity contribution in [3.8, 4) is 0 Å². The van der Waals surface area contributed by atoms with E-state index in [4.69, 9.17) is 0 Å². The zero-order valence-electron chi connectivity index (χ0n) is 16.6. The summed E-state index contributed by atoms with van der Waals surface area (Å²) in [6.07, 6.45) is 2.16. The van der Waals surface area contributed by atoms with Crippen LogP contribution in [0.4, 0.5) is 0 Å². The first-order valence-corrected chi connectivity index (χ1v) is 9.24. The van der Waals surface area contributed by atoms with Gasteiger partial charge < -0.3 is 10.6 Å². The molecule has 4 heteroatoms. The van der Waals surface area contributed by atoms with Gasteiger partial charge in [-0.25, -0.2) is 0 Å². The van der Waals surface area contributed by atoms with Crippen LogP contribution in [-0.4, -0.2) is 29.8 Å². The second-order valence-corrected chi connectivity index (χ2v) is 8.05. The number of benzene rings is 1. The molecule has 0 bridgehead atoms. The van der Waals surface area contributed by atoms with E-state index in [1.54, 1.807) is 0 Å². The van der Waals surface area contributed by atoms with Crippen LogP contribution < -0.4 is 10.6 Å². The minimum atomic E-state index is -0.371. The Bertz CT molecular complexity index is 557. The van der Waals surface area contributed by atoms with E-state index in [-0.39, 0.29) is 35.2 Å². The van der Waals surface area contributed by atoms with E-state index in [0.717, 1.165) is 18.4 Å². The molecule has 1 aromatic carbocycles. The van der Waals surface area contributed by atoms with E-state index in [1.807, 2.05) is 71.9 Å². The maximum Gasteiger partial charge on any atom is 0.237 e. The first kappa shape index (κ1) is 21.4. The second kappa shape index (κ2) is 9.14. The highest BCUT2D eigenvalue weighted by atomic mass is 16.2. The molecule has 0 radical (unpaired) electrons. The van der Waals surface area contributed by atoms with Gasteiger partial charge in [-0.2, -0.15) is 0 Å². The third-order valence-electron chi connectivity index (χ3n) is 4.86. The maximum atomic E-state index is 12.7. The van der Waals surface area contributed by atoms with E-state index in [2.05, 4.69) is 10.6 Å². The molecule has 0 heterocycles. The molecule has 25 heavy (non-hydrogen) atoms. The lowest BCUT2D eigenvalue weighted by Gasteiger charge is -2.29. The van der Waals surface area contributed by atoms with Gasteiger partial charge in [0.25, 0.3) is 0 Å². The molecule has 0 aromatic heterocycles. The molecule has 2 N–H and O–H groups in total. The topological polar surface area (TPSA) is 58.2 Å². The van der Waals surface area contributed by atoms with Crippen LogP contribution in [0.25, 0.3) is 0 Å². The third kappa shape index (κ3) is 6.99. The van der Waals surface area contributed by atoms with Crippen molar-refractivity contribution >= 4 is 11.7 Å². The average molecular weight is 347 g/mol. The molecule has 1 atom stereocenters. The summed E-state index contributed by atoms with van der Waals surface area (Å²) in [7, 11) is 0. The molecule has 0 saturated carbocycles. The van der Waals surface area contributed by atoms with E-state index in [1.165, 1.54) is 0 Å². The lowest BCUT2D eigenvalue weighted by atomic mass is 9.80. The normalized spacial score (nSPS) is 13.4. The van der Waals surface area contributed by atoms with Gasteiger partial charge in [-0.3, -0.25) is 9.59 Å². The van der Waals surface area contributed by atoms with E-state index >= 15 is 0 Å². The van der Waals surface area contributed by atoms with Gasteiger partial charge in [-0.15, -0.1) is 0 Å². The van der Waals surface area contributed by atoms with Crippen molar-refractivity contribution in [2.75, 3.05) is 6.54 Å². The molecule has 4 nitrogen and oxygen atoms in total. The smallest absolute Gasteiger partial charge is 0.237 e. The molecule has 0 fully saturated rings. The molecule has 1 aromatic rings. The Morgan fingerprint density at radius 3 is 2.04 bits per heavy atom. The first-order chi connectivity index (χ1) is 11.6. The molecule has 1 rings (SSSR count). The van der Waals surface area contributed by atoms with Crippen LogP contribution in [-0.2, 0) is 16.0 Å². The largest absolute Gasteiger partial charge is 0.348 e. The summed E-state index contributed by atoms with van der Waals surface area (Å²) in [4.78, 5) is 25.2. The van der Waals surface area contributed by atoms with Crippen molar-refractivity contribution in [1.82, 2.24) is 10.6 Å². The average Bonchev–Trinajstić information content (AvgIpc) is 2.57. The van der Waals surface area contributed by atoms with Crippen molar-refractivity contribution in [2.24, 2.45) is 5.41 Å². The number of nitrogens with one attached hydrogen (secondary N) is 2. The predicted molar refractivity (Wildman–Crippen MR) is 104 cm³/mol. The van der Waals surface area contributed by atoms with Gasteiger partial charge in [0.15, 0.2) is 5.78 Å². The van der Waals surface area contributed by atoms with Gasteiger partial charge in [-0.1, -0.05) is 51.1 Å². The van der Waals surface area contributed by atoms with Gasteiger partial charge in [-0.05, 0) is 45.6 Å². The number of rotatable bonds is 9. The highest BCUT2D eigenvalue weighted by Gasteiger charge is 2.30. The summed E-state index contributed by atoms with van der Waals surface area (Å²) in [5, 5.41) is 6.22. The zero-order chi connectivity index (χ0) is 19.1. The lowest BCUT2D eigenvalue weighted by molar-refractivity contribution is -0.131. The Kier molecular flexibility index (Phi) is 7.81. The quantitative estimate of drug-likeness (QED) is 0.719. The van der Waals surface area contributed by atoms with Crippen LogP contribution in [0.5, 0.6) is 0 Å². The Morgan fingerprint density at radius 2 is 1.56 bits per heavy atom. The molecular formula is C21H34N2O2. The van der Waals surface area contributed by atoms with Gasteiger partial charge in [0.2, 0.25) is 5.91 Å². The van der Waals surface area contributed by atoms with Crippen LogP contribution in [0, 0.1) is 5.41 Å². The monoisotopic (exact) mass is 346 g/mol. The second-order valence-electron chi connectivity index (χ2n) is 8.05. The molecule has 0 aliphatic heterocycles. The van der Waals surface area contributed by atoms with E-state index < -0.39 is 0 Å². The van der Waals surface area contributed by atoms with Crippen LogP contribution in [0.15, 0.2) is 30.3 Å². The molecular weight excluding hydrogens is 312 g/mol. The molecule has 0 aliphatic carbocycles. The summed E-state index contributed by atoms with van der Waals surface area (Å²) >= 11 is 0. The lowest BCUT2D eigenvalue weighted by Crippen LogP contribution is -2.53. The highest BCUT2D eigenvalue weighted by Crippen LogP contribution is 2.26. The van der Waals surface area contributed by atoms with Crippen LogP contribution in [0.2, 0.25) is 0 Å². The Hall–Kier alpha value is -1.68. The van der Waals surface area contributed by atoms with Crippen LogP contribution in [0.1, 0.15) is 59.9 Å². The summed E-state index contributed by atoms with van der Waals surface area (Å²) in [6, 6.07) is 9.56. The van der Waals surface area contributed by atoms with Crippen molar-refractivity contribution in [2.45, 2.75) is 72.4 Å². The number of ketones is 1. The SMILES string of the molecule is CCC(C)(CC)C(=O)CNC(=O)[C@H](Cc1ccccc1)NC(C)(C)C. The minimum absolute atomic E-state index is 0.0914. The molecule has 0 unspecified atom stereocenters. The predicted octanol–water partition coefficient (Wildman–Crippen LogP) is 3.50. The molecule has 0 saturated heterocycles. The van der Waals surface area contributed by atoms with Crippen molar-refractivity contribution in [1.29, 1.82) is 0 Å².